The van der Waals surface area contributed by atoms with E-state index in [1.165, 1.54) is 11.8 Å². The van der Waals surface area contributed by atoms with Gasteiger partial charge >= 0.3 is 0 Å². The number of benzene rings is 1. The Bertz CT molecular complexity index is 902. The van der Waals surface area contributed by atoms with Gasteiger partial charge in [-0.3, -0.25) is 0 Å². The van der Waals surface area contributed by atoms with E-state index >= 15 is 0 Å². The molecular formula is C25H32O5S3. The summed E-state index contributed by atoms with van der Waals surface area (Å²) in [4.78, 5) is 2.67. The normalized spacial score (nSPS) is 29.9. The fraction of sp³-hybridized carbons (Fsp3) is 0.520. The Morgan fingerprint density at radius 1 is 0.667 bits per heavy atom. The second-order valence-corrected chi connectivity index (χ2v) is 12.6. The Morgan fingerprint density at radius 3 is 1.45 bits per heavy atom. The molecule has 0 saturated carbocycles. The number of hydrogen-bond acceptors (Lipinski definition) is 8. The molecule has 5 nitrogen and oxygen atoms in total. The number of aromatic hydroxyl groups is 2. The zero-order chi connectivity index (χ0) is 23.7. The van der Waals surface area contributed by atoms with E-state index in [9.17, 15) is 10.2 Å². The molecule has 33 heavy (non-hydrogen) atoms. The first kappa shape index (κ1) is 24.6. The Kier molecular flexibility index (Phi) is 7.18. The van der Waals surface area contributed by atoms with Gasteiger partial charge in [0.2, 0.25) is 0 Å². The van der Waals surface area contributed by atoms with Gasteiger partial charge in [-0.1, -0.05) is 0 Å². The first-order chi connectivity index (χ1) is 15.6. The maximum atomic E-state index is 11.0. The Labute approximate surface area is 209 Å². The van der Waals surface area contributed by atoms with E-state index in [0.29, 0.717) is 16.2 Å². The minimum absolute atomic E-state index is 0.0550. The van der Waals surface area contributed by atoms with Crippen molar-refractivity contribution >= 4 is 35.3 Å². The molecule has 1 aromatic rings. The first-order valence-electron chi connectivity index (χ1n) is 11.1. The third-order valence-corrected chi connectivity index (χ3v) is 10.8. The molecule has 180 valence electrons. The predicted molar refractivity (Wildman–Crippen MR) is 136 cm³/mol. The quantitative estimate of drug-likeness (QED) is 0.280. The molecule has 3 aliphatic heterocycles. The zero-order valence-corrected chi connectivity index (χ0v) is 22.0. The van der Waals surface area contributed by atoms with Crippen LogP contribution in [0.5, 0.6) is 11.5 Å². The van der Waals surface area contributed by atoms with Gasteiger partial charge in [0.05, 0.1) is 23.7 Å². The monoisotopic (exact) mass is 508 g/mol. The summed E-state index contributed by atoms with van der Waals surface area (Å²) < 4.78 is 17.5. The van der Waals surface area contributed by atoms with E-state index in [-0.39, 0.29) is 28.3 Å². The van der Waals surface area contributed by atoms with E-state index in [4.69, 9.17) is 14.2 Å². The molecule has 4 rings (SSSR count). The van der Waals surface area contributed by atoms with Crippen LogP contribution in [0.25, 0.3) is 0 Å². The number of thioether (sulfide) groups is 3. The minimum atomic E-state index is -0.325. The molecule has 3 heterocycles. The van der Waals surface area contributed by atoms with Crippen LogP contribution in [0.2, 0.25) is 0 Å². The number of hydrogen-bond donors (Lipinski definition) is 2. The van der Waals surface area contributed by atoms with Crippen molar-refractivity contribution in [2.24, 2.45) is 0 Å². The summed E-state index contributed by atoms with van der Waals surface area (Å²) in [5.41, 5.74) is -0.195. The third kappa shape index (κ3) is 5.43. The Balaban J connectivity index is 1.65. The van der Waals surface area contributed by atoms with Crippen molar-refractivity contribution in [3.63, 3.8) is 0 Å². The molecule has 3 unspecified atom stereocenters. The maximum Gasteiger partial charge on any atom is 0.172 e. The van der Waals surface area contributed by atoms with Crippen molar-refractivity contribution in [2.75, 3.05) is 17.3 Å². The average molecular weight is 509 g/mol. The highest BCUT2D eigenvalue weighted by atomic mass is 32.2. The van der Waals surface area contributed by atoms with Crippen LogP contribution in [0, 0.1) is 6.92 Å². The lowest BCUT2D eigenvalue weighted by Crippen LogP contribution is -2.27. The van der Waals surface area contributed by atoms with Gasteiger partial charge in [-0.25, -0.2) is 0 Å². The molecule has 1 aromatic carbocycles. The minimum Gasteiger partial charge on any atom is -0.504 e. The van der Waals surface area contributed by atoms with Crippen LogP contribution in [0.1, 0.15) is 45.6 Å². The highest BCUT2D eigenvalue weighted by Gasteiger charge is 2.34. The molecule has 3 aliphatic rings. The van der Waals surface area contributed by atoms with Gasteiger partial charge in [0, 0.05) is 51.9 Å². The molecule has 0 bridgehead atoms. The largest absolute Gasteiger partial charge is 0.504 e. The van der Waals surface area contributed by atoms with Crippen molar-refractivity contribution in [1.29, 1.82) is 0 Å². The SMILES string of the molecule is Cc1c(O)c(O)c(SCC2(C)CC=CO2)c(SCC2(C)CC=CO2)c1SCC1(C)CC=CO1. The highest BCUT2D eigenvalue weighted by molar-refractivity contribution is 8.04. The summed E-state index contributed by atoms with van der Waals surface area (Å²) in [5, 5.41) is 21.8. The van der Waals surface area contributed by atoms with Crippen LogP contribution in [0.15, 0.2) is 51.7 Å². The average Bonchev–Trinajstić information content (AvgIpc) is 3.52. The van der Waals surface area contributed by atoms with E-state index in [2.05, 4.69) is 20.8 Å². The molecule has 0 spiro atoms. The molecule has 0 aromatic heterocycles. The van der Waals surface area contributed by atoms with E-state index in [1.54, 1.807) is 42.3 Å². The summed E-state index contributed by atoms with van der Waals surface area (Å²) in [6.07, 6.45) is 13.9. The molecular weight excluding hydrogens is 476 g/mol. The van der Waals surface area contributed by atoms with Crippen molar-refractivity contribution in [3.8, 4) is 11.5 Å². The summed E-state index contributed by atoms with van der Waals surface area (Å²) >= 11 is 4.89. The van der Waals surface area contributed by atoms with Gasteiger partial charge in [0.15, 0.2) is 11.5 Å². The molecule has 8 heteroatoms. The molecule has 0 aliphatic carbocycles. The van der Waals surface area contributed by atoms with Crippen LogP contribution in [0.3, 0.4) is 0 Å². The third-order valence-electron chi connectivity index (χ3n) is 6.11. The summed E-state index contributed by atoms with van der Waals surface area (Å²) in [6, 6.07) is 0. The fourth-order valence-corrected chi connectivity index (χ4v) is 8.04. The predicted octanol–water partition coefficient (Wildman–Crippen LogP) is 6.76. The van der Waals surface area contributed by atoms with Crippen LogP contribution >= 0.6 is 35.3 Å². The number of phenols is 2. The first-order valence-corrected chi connectivity index (χ1v) is 14.0. The zero-order valence-electron chi connectivity index (χ0n) is 19.6. The van der Waals surface area contributed by atoms with E-state index in [0.717, 1.165) is 40.6 Å². The second kappa shape index (κ2) is 9.62. The van der Waals surface area contributed by atoms with Gasteiger partial charge in [0.25, 0.3) is 0 Å². The topological polar surface area (TPSA) is 68.2 Å². The van der Waals surface area contributed by atoms with Crippen molar-refractivity contribution in [1.82, 2.24) is 0 Å². The molecule has 2 N–H and O–H groups in total. The second-order valence-electron chi connectivity index (χ2n) is 9.61. The van der Waals surface area contributed by atoms with Gasteiger partial charge in [0.1, 0.15) is 16.8 Å². The molecule has 0 amide bonds. The van der Waals surface area contributed by atoms with Crippen molar-refractivity contribution < 1.29 is 24.4 Å². The van der Waals surface area contributed by atoms with Crippen LogP contribution in [-0.2, 0) is 14.2 Å². The molecule has 0 fully saturated rings. The van der Waals surface area contributed by atoms with Crippen LogP contribution in [-0.4, -0.2) is 44.3 Å². The van der Waals surface area contributed by atoms with Gasteiger partial charge < -0.3 is 24.4 Å². The van der Waals surface area contributed by atoms with Gasteiger partial charge in [-0.05, 0) is 45.9 Å². The highest BCUT2D eigenvalue weighted by Crippen LogP contribution is 2.53. The lowest BCUT2D eigenvalue weighted by Gasteiger charge is -2.28. The Morgan fingerprint density at radius 2 is 1.06 bits per heavy atom. The van der Waals surface area contributed by atoms with Gasteiger partial charge in [-0.15, -0.1) is 35.3 Å². The summed E-state index contributed by atoms with van der Waals surface area (Å²) in [5.74, 6) is 2.02. The van der Waals surface area contributed by atoms with Gasteiger partial charge in [-0.2, -0.15) is 0 Å². The molecule has 0 radical (unpaired) electrons. The van der Waals surface area contributed by atoms with Crippen molar-refractivity contribution in [2.45, 2.75) is 78.4 Å². The lowest BCUT2D eigenvalue weighted by molar-refractivity contribution is 0.0871. The summed E-state index contributed by atoms with van der Waals surface area (Å²) in [7, 11) is 0. The number of phenolic OH excluding ortho intramolecular Hbond substituents is 2. The molecule has 3 atom stereocenters. The number of rotatable bonds is 9. The standard InChI is InChI=1S/C25H32O5S3/c1-17-18(26)19(27)21(32-15-24(3)9-6-12-29-24)22(33-16-25(4)10-7-13-30-25)20(17)31-14-23(2)8-5-11-28-23/h5-7,11-13,26-27H,8-10,14-16H2,1-4H3. The summed E-state index contributed by atoms with van der Waals surface area (Å²) in [6.45, 7) is 8.14. The molecule has 0 saturated heterocycles. The van der Waals surface area contributed by atoms with E-state index in [1.807, 2.05) is 25.2 Å². The van der Waals surface area contributed by atoms with E-state index < -0.39 is 0 Å². The van der Waals surface area contributed by atoms with Crippen molar-refractivity contribution in [3.05, 3.63) is 42.6 Å². The lowest BCUT2D eigenvalue weighted by atomic mass is 10.1. The number of ether oxygens (including phenoxy) is 3. The fourth-order valence-electron chi connectivity index (χ4n) is 3.84. The van der Waals surface area contributed by atoms with Crippen LogP contribution < -0.4 is 0 Å². The Hall–Kier alpha value is -1.51. The maximum absolute atomic E-state index is 11.0. The van der Waals surface area contributed by atoms with Crippen LogP contribution in [0.4, 0.5) is 0 Å². The smallest absolute Gasteiger partial charge is 0.172 e.